The van der Waals surface area contributed by atoms with Crippen molar-refractivity contribution in [2.24, 2.45) is 0 Å². The van der Waals surface area contributed by atoms with Crippen LogP contribution in [-0.2, 0) is 6.54 Å². The maximum Gasteiger partial charge on any atom is 0.337 e. The molecular formula is C14H13FN2O2. The van der Waals surface area contributed by atoms with Gasteiger partial charge in [0, 0.05) is 12.2 Å². The molecule has 19 heavy (non-hydrogen) atoms. The van der Waals surface area contributed by atoms with E-state index in [0.717, 1.165) is 5.56 Å². The molecule has 0 aliphatic heterocycles. The van der Waals surface area contributed by atoms with Gasteiger partial charge >= 0.3 is 5.97 Å². The lowest BCUT2D eigenvalue weighted by molar-refractivity contribution is 0.0698. The number of carboxylic acid groups (broad SMARTS) is 1. The summed E-state index contributed by atoms with van der Waals surface area (Å²) in [5.41, 5.74) is 7.55. The fourth-order valence-corrected chi connectivity index (χ4v) is 1.69. The van der Waals surface area contributed by atoms with E-state index >= 15 is 0 Å². The summed E-state index contributed by atoms with van der Waals surface area (Å²) in [4.78, 5) is 11.1. The molecule has 0 atom stereocenters. The number of hydrogen-bond donors (Lipinski definition) is 3. The minimum atomic E-state index is -1.03. The Kier molecular flexibility index (Phi) is 3.66. The summed E-state index contributed by atoms with van der Waals surface area (Å²) in [5.74, 6) is -1.33. The van der Waals surface area contributed by atoms with Gasteiger partial charge in [0.05, 0.1) is 11.3 Å². The fourth-order valence-electron chi connectivity index (χ4n) is 1.69. The Morgan fingerprint density at radius 3 is 2.53 bits per heavy atom. The third-order valence-electron chi connectivity index (χ3n) is 2.67. The highest BCUT2D eigenvalue weighted by atomic mass is 19.1. The molecule has 0 saturated carbocycles. The molecule has 0 bridgehead atoms. The highest BCUT2D eigenvalue weighted by Crippen LogP contribution is 2.20. The first-order valence-corrected chi connectivity index (χ1v) is 5.67. The van der Waals surface area contributed by atoms with Crippen LogP contribution in [0.3, 0.4) is 0 Å². The van der Waals surface area contributed by atoms with Crippen molar-refractivity contribution in [1.29, 1.82) is 0 Å². The van der Waals surface area contributed by atoms with Crippen molar-refractivity contribution in [1.82, 2.24) is 0 Å². The zero-order valence-electron chi connectivity index (χ0n) is 10.1. The lowest BCUT2D eigenvalue weighted by atomic mass is 10.1. The Bertz CT molecular complexity index is 597. The van der Waals surface area contributed by atoms with Crippen LogP contribution in [-0.4, -0.2) is 11.1 Å². The number of nitrogen functional groups attached to an aromatic ring is 1. The summed E-state index contributed by atoms with van der Waals surface area (Å²) >= 11 is 0. The van der Waals surface area contributed by atoms with E-state index in [1.807, 2.05) is 0 Å². The summed E-state index contributed by atoms with van der Waals surface area (Å²) < 4.78 is 12.8. The summed E-state index contributed by atoms with van der Waals surface area (Å²) in [6.07, 6.45) is 0. The SMILES string of the molecule is Nc1ccc(C(=O)O)c(NCc2ccc(F)cc2)c1. The number of nitrogens with one attached hydrogen (secondary N) is 1. The molecule has 2 aromatic rings. The number of halogens is 1. The summed E-state index contributed by atoms with van der Waals surface area (Å²) in [6.45, 7) is 0.393. The first kappa shape index (κ1) is 12.9. The van der Waals surface area contributed by atoms with E-state index in [4.69, 9.17) is 10.8 Å². The second-order valence-electron chi connectivity index (χ2n) is 4.09. The zero-order valence-corrected chi connectivity index (χ0v) is 10.1. The monoisotopic (exact) mass is 260 g/mol. The van der Waals surface area contributed by atoms with Crippen LogP contribution in [0.4, 0.5) is 15.8 Å². The van der Waals surface area contributed by atoms with Gasteiger partial charge in [-0.2, -0.15) is 0 Å². The van der Waals surface area contributed by atoms with Crippen molar-refractivity contribution in [2.45, 2.75) is 6.54 Å². The quantitative estimate of drug-likeness (QED) is 0.739. The van der Waals surface area contributed by atoms with Gasteiger partial charge < -0.3 is 16.2 Å². The predicted molar refractivity (Wildman–Crippen MR) is 71.5 cm³/mol. The molecule has 0 fully saturated rings. The van der Waals surface area contributed by atoms with Crippen molar-refractivity contribution in [2.75, 3.05) is 11.1 Å². The number of carboxylic acids is 1. The number of carbonyl (C=O) groups is 1. The van der Waals surface area contributed by atoms with E-state index in [-0.39, 0.29) is 11.4 Å². The van der Waals surface area contributed by atoms with E-state index in [1.165, 1.54) is 24.3 Å². The maximum absolute atomic E-state index is 12.8. The Morgan fingerprint density at radius 1 is 1.21 bits per heavy atom. The first-order valence-electron chi connectivity index (χ1n) is 5.67. The molecule has 0 saturated heterocycles. The topological polar surface area (TPSA) is 75.4 Å². The minimum absolute atomic E-state index is 0.149. The third kappa shape index (κ3) is 3.22. The number of hydrogen-bond acceptors (Lipinski definition) is 3. The molecule has 0 spiro atoms. The van der Waals surface area contributed by atoms with E-state index in [9.17, 15) is 9.18 Å². The maximum atomic E-state index is 12.8. The highest BCUT2D eigenvalue weighted by Gasteiger charge is 2.09. The molecule has 0 aliphatic carbocycles. The van der Waals surface area contributed by atoms with Crippen LogP contribution in [0.5, 0.6) is 0 Å². The average molecular weight is 260 g/mol. The Labute approximate surface area is 109 Å². The van der Waals surface area contributed by atoms with Crippen molar-refractivity contribution in [3.05, 3.63) is 59.4 Å². The second kappa shape index (κ2) is 5.39. The molecule has 0 amide bonds. The number of anilines is 2. The van der Waals surface area contributed by atoms with Crippen molar-refractivity contribution < 1.29 is 14.3 Å². The summed E-state index contributed by atoms with van der Waals surface area (Å²) in [5, 5.41) is 12.0. The molecule has 0 heterocycles. The third-order valence-corrected chi connectivity index (χ3v) is 2.67. The van der Waals surface area contributed by atoms with Crippen LogP contribution >= 0.6 is 0 Å². The Hall–Kier alpha value is -2.56. The standard InChI is InChI=1S/C14H13FN2O2/c15-10-3-1-9(2-4-10)8-17-13-7-11(16)5-6-12(13)14(18)19/h1-7,17H,8,16H2,(H,18,19). The van der Waals surface area contributed by atoms with Crippen LogP contribution in [0.25, 0.3) is 0 Å². The summed E-state index contributed by atoms with van der Waals surface area (Å²) in [6, 6.07) is 10.5. The van der Waals surface area contributed by atoms with E-state index < -0.39 is 5.97 Å². The molecule has 5 heteroatoms. The lowest BCUT2D eigenvalue weighted by Crippen LogP contribution is -2.07. The van der Waals surface area contributed by atoms with Crippen molar-refractivity contribution in [3.63, 3.8) is 0 Å². The van der Waals surface area contributed by atoms with Crippen molar-refractivity contribution >= 4 is 17.3 Å². The van der Waals surface area contributed by atoms with Gasteiger partial charge in [0.2, 0.25) is 0 Å². The smallest absolute Gasteiger partial charge is 0.337 e. The number of nitrogens with two attached hydrogens (primary N) is 1. The van der Waals surface area contributed by atoms with E-state index in [2.05, 4.69) is 5.32 Å². The first-order chi connectivity index (χ1) is 9.06. The van der Waals surface area contributed by atoms with Gasteiger partial charge in [0.25, 0.3) is 0 Å². The van der Waals surface area contributed by atoms with Crippen molar-refractivity contribution in [3.8, 4) is 0 Å². The number of aromatic carboxylic acids is 1. The molecule has 4 N–H and O–H groups in total. The molecule has 4 nitrogen and oxygen atoms in total. The van der Waals surface area contributed by atoms with Crippen LogP contribution in [0.15, 0.2) is 42.5 Å². The van der Waals surface area contributed by atoms with E-state index in [0.29, 0.717) is 17.9 Å². The van der Waals surface area contributed by atoms with Gasteiger partial charge in [-0.05, 0) is 35.9 Å². The summed E-state index contributed by atoms with van der Waals surface area (Å²) in [7, 11) is 0. The number of benzene rings is 2. The van der Waals surface area contributed by atoms with Crippen LogP contribution in [0, 0.1) is 5.82 Å². The Balaban J connectivity index is 2.16. The highest BCUT2D eigenvalue weighted by molar-refractivity contribution is 5.95. The molecule has 0 aromatic heterocycles. The van der Waals surface area contributed by atoms with Crippen LogP contribution < -0.4 is 11.1 Å². The number of rotatable bonds is 4. The van der Waals surface area contributed by atoms with Gasteiger partial charge in [0.15, 0.2) is 0 Å². The van der Waals surface area contributed by atoms with Gasteiger partial charge in [-0.1, -0.05) is 12.1 Å². The lowest BCUT2D eigenvalue weighted by Gasteiger charge is -2.10. The Morgan fingerprint density at radius 2 is 1.89 bits per heavy atom. The minimum Gasteiger partial charge on any atom is -0.478 e. The van der Waals surface area contributed by atoms with Crippen LogP contribution in [0.2, 0.25) is 0 Å². The average Bonchev–Trinajstić information content (AvgIpc) is 2.38. The molecule has 0 aliphatic rings. The molecular weight excluding hydrogens is 247 g/mol. The van der Waals surface area contributed by atoms with Gasteiger partial charge in [-0.15, -0.1) is 0 Å². The van der Waals surface area contributed by atoms with Gasteiger partial charge in [-0.3, -0.25) is 0 Å². The fraction of sp³-hybridized carbons (Fsp3) is 0.0714. The normalized spacial score (nSPS) is 10.2. The molecule has 2 aromatic carbocycles. The van der Waals surface area contributed by atoms with Gasteiger partial charge in [0.1, 0.15) is 5.82 Å². The molecule has 2 rings (SSSR count). The van der Waals surface area contributed by atoms with E-state index in [1.54, 1.807) is 18.2 Å². The predicted octanol–water partition coefficient (Wildman–Crippen LogP) is 2.72. The van der Waals surface area contributed by atoms with Gasteiger partial charge in [-0.25, -0.2) is 9.18 Å². The zero-order chi connectivity index (χ0) is 13.8. The largest absolute Gasteiger partial charge is 0.478 e. The molecule has 98 valence electrons. The molecule has 0 radical (unpaired) electrons. The van der Waals surface area contributed by atoms with Crippen LogP contribution in [0.1, 0.15) is 15.9 Å². The second-order valence-corrected chi connectivity index (χ2v) is 4.09. The molecule has 0 unspecified atom stereocenters.